The zero-order valence-corrected chi connectivity index (χ0v) is 7.47. The first kappa shape index (κ1) is 10.9. The van der Waals surface area contributed by atoms with Crippen LogP contribution in [0.3, 0.4) is 0 Å². The second-order valence-electron chi connectivity index (χ2n) is 2.38. The number of hydrogen-bond donors (Lipinski definition) is 1. The van der Waals surface area contributed by atoms with E-state index in [1.165, 1.54) is 0 Å². The average molecular weight is 188 g/mol. The molecular formula is C8H10ClNO2. The van der Waals surface area contributed by atoms with Crippen LogP contribution < -0.4 is 0 Å². The largest absolute Gasteiger partial charge is 0.481 e. The predicted octanol–water partition coefficient (Wildman–Crippen LogP) is 1.44. The quantitative estimate of drug-likeness (QED) is 0.762. The first-order chi connectivity index (χ1) is 5.18. The predicted molar refractivity (Wildman–Crippen MR) is 47.6 cm³/mol. The SMILES string of the molecule is Cc1cc(CC(=O)O)ccn1.Cl. The lowest BCUT2D eigenvalue weighted by Gasteiger charge is -1.96. The maximum absolute atomic E-state index is 10.3. The second-order valence-corrected chi connectivity index (χ2v) is 2.38. The first-order valence-corrected chi connectivity index (χ1v) is 3.32. The van der Waals surface area contributed by atoms with E-state index in [-0.39, 0.29) is 18.8 Å². The molecule has 1 N–H and O–H groups in total. The van der Waals surface area contributed by atoms with Gasteiger partial charge in [0.1, 0.15) is 0 Å². The molecule has 0 aliphatic carbocycles. The van der Waals surface area contributed by atoms with E-state index in [4.69, 9.17) is 5.11 Å². The second kappa shape index (κ2) is 4.72. The van der Waals surface area contributed by atoms with E-state index >= 15 is 0 Å². The number of aryl methyl sites for hydroxylation is 1. The lowest BCUT2D eigenvalue weighted by molar-refractivity contribution is -0.136. The summed E-state index contributed by atoms with van der Waals surface area (Å²) in [4.78, 5) is 14.2. The summed E-state index contributed by atoms with van der Waals surface area (Å²) in [7, 11) is 0. The highest BCUT2D eigenvalue weighted by Gasteiger charge is 1.99. The molecule has 0 unspecified atom stereocenters. The van der Waals surface area contributed by atoms with Crippen LogP contribution in [0, 0.1) is 6.92 Å². The van der Waals surface area contributed by atoms with Gasteiger partial charge in [-0.3, -0.25) is 9.78 Å². The Morgan fingerprint density at radius 2 is 2.33 bits per heavy atom. The molecule has 1 aromatic heterocycles. The van der Waals surface area contributed by atoms with Crippen LogP contribution in [-0.4, -0.2) is 16.1 Å². The van der Waals surface area contributed by atoms with E-state index in [0.29, 0.717) is 0 Å². The van der Waals surface area contributed by atoms with Crippen molar-refractivity contribution in [2.24, 2.45) is 0 Å². The Balaban J connectivity index is 0.00000121. The third-order valence-electron chi connectivity index (χ3n) is 1.32. The van der Waals surface area contributed by atoms with Crippen LogP contribution in [0.2, 0.25) is 0 Å². The fourth-order valence-corrected chi connectivity index (χ4v) is 0.889. The fourth-order valence-electron chi connectivity index (χ4n) is 0.889. The van der Waals surface area contributed by atoms with Gasteiger partial charge >= 0.3 is 5.97 Å². The Morgan fingerprint density at radius 3 is 2.83 bits per heavy atom. The maximum Gasteiger partial charge on any atom is 0.307 e. The molecule has 0 saturated heterocycles. The molecule has 66 valence electrons. The van der Waals surface area contributed by atoms with Gasteiger partial charge in [-0.25, -0.2) is 0 Å². The number of carbonyl (C=O) groups is 1. The Bertz CT molecular complexity index is 276. The molecule has 0 amide bonds. The highest BCUT2D eigenvalue weighted by Crippen LogP contribution is 2.00. The maximum atomic E-state index is 10.3. The molecule has 0 bridgehead atoms. The van der Waals surface area contributed by atoms with E-state index in [9.17, 15) is 4.79 Å². The van der Waals surface area contributed by atoms with Crippen LogP contribution in [-0.2, 0) is 11.2 Å². The molecular weight excluding hydrogens is 178 g/mol. The van der Waals surface area contributed by atoms with Crippen molar-refractivity contribution in [3.63, 3.8) is 0 Å². The van der Waals surface area contributed by atoms with Gasteiger partial charge in [-0.05, 0) is 24.6 Å². The van der Waals surface area contributed by atoms with E-state index in [0.717, 1.165) is 11.3 Å². The minimum Gasteiger partial charge on any atom is -0.481 e. The first-order valence-electron chi connectivity index (χ1n) is 3.32. The summed E-state index contributed by atoms with van der Waals surface area (Å²) >= 11 is 0. The minimum absolute atomic E-state index is 0. The number of aromatic nitrogens is 1. The van der Waals surface area contributed by atoms with Gasteiger partial charge in [0.05, 0.1) is 6.42 Å². The van der Waals surface area contributed by atoms with Gasteiger partial charge in [0.2, 0.25) is 0 Å². The third kappa shape index (κ3) is 3.34. The normalized spacial score (nSPS) is 8.75. The summed E-state index contributed by atoms with van der Waals surface area (Å²) in [5.74, 6) is -0.810. The number of pyridine rings is 1. The average Bonchev–Trinajstić information content (AvgIpc) is 1.85. The summed E-state index contributed by atoms with van der Waals surface area (Å²) in [6, 6.07) is 3.48. The summed E-state index contributed by atoms with van der Waals surface area (Å²) in [6.45, 7) is 1.84. The summed E-state index contributed by atoms with van der Waals surface area (Å²) < 4.78 is 0. The number of hydrogen-bond acceptors (Lipinski definition) is 2. The number of aliphatic carboxylic acids is 1. The number of nitrogens with zero attached hydrogens (tertiary/aromatic N) is 1. The van der Waals surface area contributed by atoms with Crippen LogP contribution in [0.1, 0.15) is 11.3 Å². The molecule has 1 heterocycles. The van der Waals surface area contributed by atoms with Crippen molar-refractivity contribution < 1.29 is 9.90 Å². The molecule has 0 radical (unpaired) electrons. The number of halogens is 1. The van der Waals surface area contributed by atoms with Crippen molar-refractivity contribution in [3.8, 4) is 0 Å². The highest BCUT2D eigenvalue weighted by molar-refractivity contribution is 5.85. The van der Waals surface area contributed by atoms with Crippen molar-refractivity contribution in [3.05, 3.63) is 29.6 Å². The van der Waals surface area contributed by atoms with Crippen molar-refractivity contribution in [1.82, 2.24) is 4.98 Å². The topological polar surface area (TPSA) is 50.2 Å². The van der Waals surface area contributed by atoms with Crippen LogP contribution in [0.25, 0.3) is 0 Å². The van der Waals surface area contributed by atoms with E-state index < -0.39 is 5.97 Å². The van der Waals surface area contributed by atoms with E-state index in [1.54, 1.807) is 18.3 Å². The molecule has 3 nitrogen and oxygen atoms in total. The number of carboxylic acid groups (broad SMARTS) is 1. The zero-order valence-electron chi connectivity index (χ0n) is 6.65. The summed E-state index contributed by atoms with van der Waals surface area (Å²) in [5, 5.41) is 8.44. The van der Waals surface area contributed by atoms with E-state index in [2.05, 4.69) is 4.98 Å². The Morgan fingerprint density at radius 1 is 1.67 bits per heavy atom. The van der Waals surface area contributed by atoms with Crippen molar-refractivity contribution >= 4 is 18.4 Å². The fraction of sp³-hybridized carbons (Fsp3) is 0.250. The van der Waals surface area contributed by atoms with Crippen LogP contribution in [0.5, 0.6) is 0 Å². The van der Waals surface area contributed by atoms with Gasteiger partial charge in [0.25, 0.3) is 0 Å². The van der Waals surface area contributed by atoms with Gasteiger partial charge in [-0.1, -0.05) is 0 Å². The summed E-state index contributed by atoms with van der Waals surface area (Å²) in [6.07, 6.45) is 1.69. The molecule has 1 aromatic rings. The molecule has 0 atom stereocenters. The van der Waals surface area contributed by atoms with Crippen LogP contribution in [0.15, 0.2) is 18.3 Å². The van der Waals surface area contributed by atoms with Gasteiger partial charge in [0, 0.05) is 11.9 Å². The van der Waals surface area contributed by atoms with Gasteiger partial charge < -0.3 is 5.11 Å². The van der Waals surface area contributed by atoms with Crippen LogP contribution >= 0.6 is 12.4 Å². The van der Waals surface area contributed by atoms with Gasteiger partial charge in [-0.2, -0.15) is 0 Å². The minimum atomic E-state index is -0.810. The summed E-state index contributed by atoms with van der Waals surface area (Å²) in [5.41, 5.74) is 1.65. The molecule has 4 heteroatoms. The monoisotopic (exact) mass is 187 g/mol. The molecule has 0 spiro atoms. The number of carboxylic acids is 1. The molecule has 0 aromatic carbocycles. The van der Waals surface area contributed by atoms with Crippen molar-refractivity contribution in [1.29, 1.82) is 0 Å². The smallest absolute Gasteiger partial charge is 0.307 e. The Kier molecular flexibility index (Phi) is 4.29. The lowest BCUT2D eigenvalue weighted by Crippen LogP contribution is -2.00. The highest BCUT2D eigenvalue weighted by atomic mass is 35.5. The molecule has 0 fully saturated rings. The Labute approximate surface area is 76.9 Å². The lowest BCUT2D eigenvalue weighted by atomic mass is 10.2. The molecule has 0 aliphatic rings. The number of rotatable bonds is 2. The van der Waals surface area contributed by atoms with Gasteiger partial charge in [0.15, 0.2) is 0 Å². The Hall–Kier alpha value is -1.09. The molecule has 12 heavy (non-hydrogen) atoms. The molecule has 0 saturated carbocycles. The molecule has 1 rings (SSSR count). The molecule has 0 aliphatic heterocycles. The standard InChI is InChI=1S/C8H9NO2.ClH/c1-6-4-7(2-3-9-6)5-8(10)11;/h2-4H,5H2,1H3,(H,10,11);1H. The van der Waals surface area contributed by atoms with Gasteiger partial charge in [-0.15, -0.1) is 12.4 Å². The third-order valence-corrected chi connectivity index (χ3v) is 1.32. The zero-order chi connectivity index (χ0) is 8.27. The van der Waals surface area contributed by atoms with Crippen molar-refractivity contribution in [2.45, 2.75) is 13.3 Å². The van der Waals surface area contributed by atoms with Crippen LogP contribution in [0.4, 0.5) is 0 Å². The van der Waals surface area contributed by atoms with Crippen molar-refractivity contribution in [2.75, 3.05) is 0 Å². The van der Waals surface area contributed by atoms with E-state index in [1.807, 2.05) is 6.92 Å².